The summed E-state index contributed by atoms with van der Waals surface area (Å²) in [6, 6.07) is 10.1. The fourth-order valence-electron chi connectivity index (χ4n) is 2.98. The SMILES string of the molecule is Nc1nc2ccccc2cc1COCC1CCCCC1. The van der Waals surface area contributed by atoms with Crippen molar-refractivity contribution in [2.45, 2.75) is 38.7 Å². The molecule has 1 aliphatic rings. The molecule has 0 spiro atoms. The topological polar surface area (TPSA) is 48.1 Å². The molecule has 1 aromatic carbocycles. The smallest absolute Gasteiger partial charge is 0.129 e. The number of para-hydroxylation sites is 1. The Morgan fingerprint density at radius 2 is 1.95 bits per heavy atom. The van der Waals surface area contributed by atoms with Crippen molar-refractivity contribution in [3.05, 3.63) is 35.9 Å². The minimum Gasteiger partial charge on any atom is -0.383 e. The van der Waals surface area contributed by atoms with E-state index >= 15 is 0 Å². The highest BCUT2D eigenvalue weighted by molar-refractivity contribution is 5.81. The molecule has 3 heteroatoms. The van der Waals surface area contributed by atoms with Gasteiger partial charge in [-0.05, 0) is 30.9 Å². The van der Waals surface area contributed by atoms with Gasteiger partial charge in [-0.3, -0.25) is 0 Å². The molecule has 0 bridgehead atoms. The van der Waals surface area contributed by atoms with E-state index in [0.29, 0.717) is 12.4 Å². The highest BCUT2D eigenvalue weighted by Gasteiger charge is 2.13. The number of pyridine rings is 1. The van der Waals surface area contributed by atoms with E-state index in [0.717, 1.165) is 29.0 Å². The van der Waals surface area contributed by atoms with Gasteiger partial charge in [0.05, 0.1) is 12.1 Å². The standard InChI is InChI=1S/C17H22N2O/c18-17-15(10-14-8-4-5-9-16(14)19-17)12-20-11-13-6-2-1-3-7-13/h4-5,8-10,13H,1-3,6-7,11-12H2,(H2,18,19). The molecular weight excluding hydrogens is 248 g/mol. The van der Waals surface area contributed by atoms with Crippen LogP contribution in [0.3, 0.4) is 0 Å². The second-order valence-electron chi connectivity index (χ2n) is 5.74. The maximum Gasteiger partial charge on any atom is 0.129 e. The van der Waals surface area contributed by atoms with E-state index in [1.165, 1.54) is 32.1 Å². The third-order valence-electron chi connectivity index (χ3n) is 4.17. The molecule has 0 amide bonds. The Morgan fingerprint density at radius 1 is 1.15 bits per heavy atom. The Kier molecular flexibility index (Phi) is 4.16. The van der Waals surface area contributed by atoms with Crippen LogP contribution in [0.15, 0.2) is 30.3 Å². The molecule has 20 heavy (non-hydrogen) atoms. The quantitative estimate of drug-likeness (QED) is 0.916. The normalized spacial score (nSPS) is 16.6. The van der Waals surface area contributed by atoms with E-state index in [1.807, 2.05) is 18.2 Å². The molecule has 1 saturated carbocycles. The lowest BCUT2D eigenvalue weighted by Gasteiger charge is -2.21. The molecular formula is C17H22N2O. The zero-order valence-electron chi connectivity index (χ0n) is 11.8. The van der Waals surface area contributed by atoms with Gasteiger partial charge in [0.2, 0.25) is 0 Å². The average Bonchev–Trinajstić information content (AvgIpc) is 2.49. The van der Waals surface area contributed by atoms with Crippen molar-refractivity contribution in [2.24, 2.45) is 5.92 Å². The summed E-state index contributed by atoms with van der Waals surface area (Å²) >= 11 is 0. The molecule has 0 atom stereocenters. The van der Waals surface area contributed by atoms with Crippen LogP contribution in [0.4, 0.5) is 5.82 Å². The van der Waals surface area contributed by atoms with Crippen LogP contribution in [0.5, 0.6) is 0 Å². The van der Waals surface area contributed by atoms with Gasteiger partial charge in [0.15, 0.2) is 0 Å². The molecule has 2 aromatic rings. The molecule has 0 radical (unpaired) electrons. The van der Waals surface area contributed by atoms with Crippen LogP contribution in [0.25, 0.3) is 10.9 Å². The number of anilines is 1. The maximum atomic E-state index is 6.01. The molecule has 0 unspecified atom stereocenters. The van der Waals surface area contributed by atoms with Gasteiger partial charge in [0.1, 0.15) is 5.82 Å². The lowest BCUT2D eigenvalue weighted by Crippen LogP contribution is -2.13. The molecule has 0 aliphatic heterocycles. The number of fused-ring (bicyclic) bond motifs is 1. The lowest BCUT2D eigenvalue weighted by molar-refractivity contribution is 0.0742. The molecule has 1 fully saturated rings. The Balaban J connectivity index is 1.63. The highest BCUT2D eigenvalue weighted by atomic mass is 16.5. The van der Waals surface area contributed by atoms with Gasteiger partial charge >= 0.3 is 0 Å². The number of aromatic nitrogens is 1. The van der Waals surface area contributed by atoms with Gasteiger partial charge in [-0.1, -0.05) is 37.5 Å². The van der Waals surface area contributed by atoms with Crippen LogP contribution < -0.4 is 5.73 Å². The lowest BCUT2D eigenvalue weighted by atomic mass is 9.90. The summed E-state index contributed by atoms with van der Waals surface area (Å²) in [5.41, 5.74) is 7.96. The van der Waals surface area contributed by atoms with Crippen LogP contribution in [-0.2, 0) is 11.3 Å². The molecule has 2 N–H and O–H groups in total. The first-order chi connectivity index (χ1) is 9.83. The van der Waals surface area contributed by atoms with Crippen molar-refractivity contribution >= 4 is 16.7 Å². The molecule has 1 aliphatic carbocycles. The van der Waals surface area contributed by atoms with E-state index in [9.17, 15) is 0 Å². The molecule has 106 valence electrons. The summed E-state index contributed by atoms with van der Waals surface area (Å²) < 4.78 is 5.87. The summed E-state index contributed by atoms with van der Waals surface area (Å²) in [6.45, 7) is 1.42. The number of rotatable bonds is 4. The van der Waals surface area contributed by atoms with Crippen LogP contribution >= 0.6 is 0 Å². The summed E-state index contributed by atoms with van der Waals surface area (Å²) in [7, 11) is 0. The molecule has 3 rings (SSSR count). The molecule has 1 aromatic heterocycles. The van der Waals surface area contributed by atoms with Crippen LogP contribution in [0.2, 0.25) is 0 Å². The second-order valence-corrected chi connectivity index (χ2v) is 5.74. The average molecular weight is 270 g/mol. The number of ether oxygens (including phenoxy) is 1. The van der Waals surface area contributed by atoms with Crippen molar-refractivity contribution in [3.8, 4) is 0 Å². The van der Waals surface area contributed by atoms with E-state index < -0.39 is 0 Å². The first-order valence-electron chi connectivity index (χ1n) is 7.55. The maximum absolute atomic E-state index is 6.01. The summed E-state index contributed by atoms with van der Waals surface area (Å²) in [5, 5.41) is 1.12. The number of benzene rings is 1. The first kappa shape index (κ1) is 13.4. The fourth-order valence-corrected chi connectivity index (χ4v) is 2.98. The van der Waals surface area contributed by atoms with Crippen molar-refractivity contribution in [1.82, 2.24) is 4.98 Å². The zero-order chi connectivity index (χ0) is 13.8. The predicted molar refractivity (Wildman–Crippen MR) is 82.4 cm³/mol. The van der Waals surface area contributed by atoms with Gasteiger partial charge in [-0.25, -0.2) is 4.98 Å². The third-order valence-corrected chi connectivity index (χ3v) is 4.17. The number of hydrogen-bond acceptors (Lipinski definition) is 3. The van der Waals surface area contributed by atoms with Crippen LogP contribution in [0.1, 0.15) is 37.7 Å². The summed E-state index contributed by atoms with van der Waals surface area (Å²) in [4.78, 5) is 4.44. The monoisotopic (exact) mass is 270 g/mol. The zero-order valence-corrected chi connectivity index (χ0v) is 11.8. The van der Waals surface area contributed by atoms with Crippen molar-refractivity contribution < 1.29 is 4.74 Å². The van der Waals surface area contributed by atoms with Crippen LogP contribution in [-0.4, -0.2) is 11.6 Å². The highest BCUT2D eigenvalue weighted by Crippen LogP contribution is 2.24. The Morgan fingerprint density at radius 3 is 2.80 bits per heavy atom. The van der Waals surface area contributed by atoms with Crippen LogP contribution in [0, 0.1) is 5.92 Å². The fraction of sp³-hybridized carbons (Fsp3) is 0.471. The third kappa shape index (κ3) is 3.10. The van der Waals surface area contributed by atoms with Gasteiger partial charge in [0.25, 0.3) is 0 Å². The van der Waals surface area contributed by atoms with Gasteiger partial charge in [-0.2, -0.15) is 0 Å². The van der Waals surface area contributed by atoms with Crippen molar-refractivity contribution in [1.29, 1.82) is 0 Å². The minimum atomic E-state index is 0.570. The van der Waals surface area contributed by atoms with Gasteiger partial charge in [0, 0.05) is 17.6 Å². The van der Waals surface area contributed by atoms with E-state index in [2.05, 4.69) is 17.1 Å². The first-order valence-corrected chi connectivity index (χ1v) is 7.55. The van der Waals surface area contributed by atoms with Crippen molar-refractivity contribution in [2.75, 3.05) is 12.3 Å². The summed E-state index contributed by atoms with van der Waals surface area (Å²) in [6.07, 6.45) is 6.72. The van der Waals surface area contributed by atoms with Crippen molar-refractivity contribution in [3.63, 3.8) is 0 Å². The Hall–Kier alpha value is -1.61. The summed E-state index contributed by atoms with van der Waals surface area (Å²) in [5.74, 6) is 1.32. The number of nitrogens with two attached hydrogens (primary N) is 1. The molecule has 3 nitrogen and oxygen atoms in total. The number of nitrogens with zero attached hydrogens (tertiary/aromatic N) is 1. The van der Waals surface area contributed by atoms with E-state index in [-0.39, 0.29) is 0 Å². The number of hydrogen-bond donors (Lipinski definition) is 1. The number of nitrogen functional groups attached to an aromatic ring is 1. The van der Waals surface area contributed by atoms with Gasteiger partial charge in [-0.15, -0.1) is 0 Å². The Labute approximate surface area is 120 Å². The minimum absolute atomic E-state index is 0.570. The van der Waals surface area contributed by atoms with E-state index in [1.54, 1.807) is 0 Å². The molecule has 1 heterocycles. The second kappa shape index (κ2) is 6.23. The molecule has 0 saturated heterocycles. The largest absolute Gasteiger partial charge is 0.383 e. The predicted octanol–water partition coefficient (Wildman–Crippen LogP) is 3.91. The van der Waals surface area contributed by atoms with E-state index in [4.69, 9.17) is 10.5 Å². The van der Waals surface area contributed by atoms with Gasteiger partial charge < -0.3 is 10.5 Å². The Bertz CT molecular complexity index is 576.